The van der Waals surface area contributed by atoms with Crippen molar-refractivity contribution in [2.45, 2.75) is 64.3 Å². The van der Waals surface area contributed by atoms with Gasteiger partial charge in [0.25, 0.3) is 5.91 Å². The summed E-state index contributed by atoms with van der Waals surface area (Å²) >= 11 is 1.52. The van der Waals surface area contributed by atoms with E-state index in [4.69, 9.17) is 0 Å². The minimum atomic E-state index is -0.901. The van der Waals surface area contributed by atoms with Crippen molar-refractivity contribution in [3.8, 4) is 0 Å². The van der Waals surface area contributed by atoms with Crippen molar-refractivity contribution >= 4 is 34.1 Å². The van der Waals surface area contributed by atoms with Gasteiger partial charge in [-0.2, -0.15) is 0 Å². The molecule has 1 aromatic rings. The fraction of sp³-hybridized carbons (Fsp3) is 0.625. The maximum absolute atomic E-state index is 13.4. The summed E-state index contributed by atoms with van der Waals surface area (Å²) in [5, 5.41) is 16.5. The van der Waals surface area contributed by atoms with Crippen LogP contribution in [0.3, 0.4) is 0 Å². The number of amides is 2. The third-order valence-electron chi connectivity index (χ3n) is 7.66. The second-order valence-corrected chi connectivity index (χ2v) is 10.7. The molecule has 2 amide bonds. The summed E-state index contributed by atoms with van der Waals surface area (Å²) in [5.41, 5.74) is 1.71. The van der Waals surface area contributed by atoms with E-state index in [1.54, 1.807) is 0 Å². The molecular formula is C24H30N2O4S. The van der Waals surface area contributed by atoms with Crippen molar-refractivity contribution < 1.29 is 19.5 Å². The van der Waals surface area contributed by atoms with Crippen LogP contribution in [0.2, 0.25) is 0 Å². The van der Waals surface area contributed by atoms with Crippen LogP contribution in [0.1, 0.15) is 66.2 Å². The minimum absolute atomic E-state index is 0.0473. The molecule has 2 saturated carbocycles. The van der Waals surface area contributed by atoms with Gasteiger partial charge in [0.15, 0.2) is 0 Å². The monoisotopic (exact) mass is 442 g/mol. The molecule has 0 spiro atoms. The molecule has 6 nitrogen and oxygen atoms in total. The first-order chi connectivity index (χ1) is 15.0. The van der Waals surface area contributed by atoms with Gasteiger partial charge in [0, 0.05) is 10.9 Å². The van der Waals surface area contributed by atoms with Crippen LogP contribution in [0.15, 0.2) is 12.2 Å². The van der Waals surface area contributed by atoms with Gasteiger partial charge in [0.2, 0.25) is 5.91 Å². The second kappa shape index (κ2) is 8.08. The number of fused-ring (bicyclic) bond motifs is 3. The second-order valence-electron chi connectivity index (χ2n) is 9.64. The van der Waals surface area contributed by atoms with E-state index in [2.05, 4.69) is 17.6 Å². The van der Waals surface area contributed by atoms with Gasteiger partial charge in [-0.25, -0.2) is 0 Å². The highest BCUT2D eigenvalue weighted by atomic mass is 32.1. The quantitative estimate of drug-likeness (QED) is 0.580. The fourth-order valence-corrected chi connectivity index (χ4v) is 7.06. The molecule has 0 aromatic carbocycles. The maximum atomic E-state index is 13.4. The van der Waals surface area contributed by atoms with Crippen LogP contribution in [-0.2, 0) is 22.4 Å². The standard InChI is InChI=1S/C24H30N2O4S/c1-2-12-3-10-16-17(11-12)31-23(20(16)22(28)25-15-8-9-15)26-21(27)18-13-4-6-14(7-5-13)19(18)24(29)30/h4,6,12-15,18-19H,2-3,5,7-11H2,1H3,(H,25,28)(H,26,27)(H,29,30)/t12-,13+,14+,18+,19-/m1/s1. The Bertz CT molecular complexity index is 948. The lowest BCUT2D eigenvalue weighted by Crippen LogP contribution is -2.47. The lowest BCUT2D eigenvalue weighted by molar-refractivity contribution is -0.151. The number of carboxylic acids is 1. The number of carbonyl (C=O) groups is 3. The van der Waals surface area contributed by atoms with Gasteiger partial charge in [-0.1, -0.05) is 25.5 Å². The van der Waals surface area contributed by atoms with Crippen LogP contribution >= 0.6 is 11.3 Å². The van der Waals surface area contributed by atoms with Crippen molar-refractivity contribution in [2.24, 2.45) is 29.6 Å². The van der Waals surface area contributed by atoms with Crippen molar-refractivity contribution in [3.63, 3.8) is 0 Å². The van der Waals surface area contributed by atoms with Gasteiger partial charge in [0.1, 0.15) is 5.00 Å². The molecule has 31 heavy (non-hydrogen) atoms. The number of thiophene rings is 1. The van der Waals surface area contributed by atoms with E-state index in [1.165, 1.54) is 16.2 Å². The van der Waals surface area contributed by atoms with E-state index in [9.17, 15) is 19.5 Å². The van der Waals surface area contributed by atoms with Crippen molar-refractivity contribution in [1.82, 2.24) is 5.32 Å². The van der Waals surface area contributed by atoms with Crippen LogP contribution in [-0.4, -0.2) is 28.9 Å². The molecule has 1 heterocycles. The summed E-state index contributed by atoms with van der Waals surface area (Å²) in [6.45, 7) is 2.20. The Morgan fingerprint density at radius 1 is 1.06 bits per heavy atom. The number of nitrogens with one attached hydrogen (secondary N) is 2. The smallest absolute Gasteiger partial charge is 0.307 e. The zero-order valence-electron chi connectivity index (χ0n) is 17.9. The van der Waals surface area contributed by atoms with Crippen LogP contribution in [0, 0.1) is 29.6 Å². The molecule has 0 aliphatic heterocycles. The Kier molecular flexibility index (Phi) is 5.40. The summed E-state index contributed by atoms with van der Waals surface area (Å²) in [6.07, 6.45) is 11.7. The Labute approximate surface area is 186 Å². The summed E-state index contributed by atoms with van der Waals surface area (Å²) in [7, 11) is 0. The Balaban J connectivity index is 1.44. The summed E-state index contributed by atoms with van der Waals surface area (Å²) in [6, 6.07) is 0.245. The Hall–Kier alpha value is -2.15. The number of rotatable bonds is 6. The Morgan fingerprint density at radius 3 is 2.39 bits per heavy atom. The highest BCUT2D eigenvalue weighted by molar-refractivity contribution is 7.17. The average Bonchev–Trinajstić information content (AvgIpc) is 3.51. The molecule has 3 N–H and O–H groups in total. The molecule has 5 aliphatic carbocycles. The average molecular weight is 443 g/mol. The predicted octanol–water partition coefficient (Wildman–Crippen LogP) is 4.01. The van der Waals surface area contributed by atoms with Gasteiger partial charge in [-0.15, -0.1) is 11.3 Å². The molecule has 5 aliphatic rings. The third-order valence-corrected chi connectivity index (χ3v) is 8.83. The summed E-state index contributed by atoms with van der Waals surface area (Å²) in [5.74, 6) is -2.03. The largest absolute Gasteiger partial charge is 0.481 e. The van der Waals surface area contributed by atoms with Gasteiger partial charge >= 0.3 is 5.97 Å². The van der Waals surface area contributed by atoms with Gasteiger partial charge in [0.05, 0.1) is 17.4 Å². The minimum Gasteiger partial charge on any atom is -0.481 e. The molecule has 0 unspecified atom stereocenters. The zero-order chi connectivity index (χ0) is 21.7. The molecule has 166 valence electrons. The zero-order valence-corrected chi connectivity index (χ0v) is 18.7. The SMILES string of the molecule is CC[C@@H]1CCc2c(sc(NC(=O)[C@@H]3[C@H](C(=O)O)[C@H]4C=C[C@H]3CC4)c2C(=O)NC2CC2)C1. The predicted molar refractivity (Wildman–Crippen MR) is 119 cm³/mol. The van der Waals surface area contributed by atoms with E-state index < -0.39 is 17.8 Å². The van der Waals surface area contributed by atoms with Gasteiger partial charge < -0.3 is 15.7 Å². The molecule has 7 heteroatoms. The van der Waals surface area contributed by atoms with E-state index in [0.717, 1.165) is 56.9 Å². The summed E-state index contributed by atoms with van der Waals surface area (Å²) < 4.78 is 0. The number of hydrogen-bond acceptors (Lipinski definition) is 4. The highest BCUT2D eigenvalue weighted by Gasteiger charge is 2.48. The van der Waals surface area contributed by atoms with E-state index in [1.807, 2.05) is 12.2 Å². The first kappa shape index (κ1) is 20.7. The molecule has 2 fully saturated rings. The topological polar surface area (TPSA) is 95.5 Å². The van der Waals surface area contributed by atoms with Crippen molar-refractivity contribution in [1.29, 1.82) is 0 Å². The number of carboxylic acid groups (broad SMARTS) is 1. The molecule has 6 rings (SSSR count). The van der Waals surface area contributed by atoms with Gasteiger partial charge in [-0.3, -0.25) is 14.4 Å². The molecular weight excluding hydrogens is 412 g/mol. The van der Waals surface area contributed by atoms with Crippen LogP contribution < -0.4 is 10.6 Å². The number of carbonyl (C=O) groups excluding carboxylic acids is 2. The first-order valence-electron chi connectivity index (χ1n) is 11.6. The van der Waals surface area contributed by atoms with Gasteiger partial charge in [-0.05, 0) is 68.3 Å². The number of aliphatic carboxylic acids is 1. The molecule has 0 saturated heterocycles. The van der Waals surface area contributed by atoms with Crippen molar-refractivity contribution in [3.05, 3.63) is 28.2 Å². The van der Waals surface area contributed by atoms with Crippen LogP contribution in [0.25, 0.3) is 0 Å². The molecule has 2 bridgehead atoms. The third kappa shape index (κ3) is 3.81. The van der Waals surface area contributed by atoms with E-state index in [0.29, 0.717) is 16.5 Å². The lowest BCUT2D eigenvalue weighted by atomic mass is 9.62. The Morgan fingerprint density at radius 2 is 1.77 bits per heavy atom. The first-order valence-corrected chi connectivity index (χ1v) is 12.4. The normalized spacial score (nSPS) is 31.2. The fourth-order valence-electron chi connectivity index (χ4n) is 5.70. The molecule has 1 aromatic heterocycles. The number of hydrogen-bond donors (Lipinski definition) is 3. The number of allylic oxidation sites excluding steroid dienone is 2. The maximum Gasteiger partial charge on any atom is 0.307 e. The molecule has 5 atom stereocenters. The lowest BCUT2D eigenvalue weighted by Gasteiger charge is -2.41. The van der Waals surface area contributed by atoms with Crippen LogP contribution in [0.4, 0.5) is 5.00 Å². The molecule has 0 radical (unpaired) electrons. The van der Waals surface area contributed by atoms with Crippen LogP contribution in [0.5, 0.6) is 0 Å². The van der Waals surface area contributed by atoms with E-state index >= 15 is 0 Å². The summed E-state index contributed by atoms with van der Waals surface area (Å²) in [4.78, 5) is 39.6. The van der Waals surface area contributed by atoms with E-state index in [-0.39, 0.29) is 29.7 Å². The van der Waals surface area contributed by atoms with Crippen molar-refractivity contribution in [2.75, 3.05) is 5.32 Å². The number of anilines is 1. The highest BCUT2D eigenvalue weighted by Crippen LogP contribution is 2.46.